The molecule has 1 N–H and O–H groups in total. The van der Waals surface area contributed by atoms with Crippen LogP contribution >= 0.6 is 58.2 Å². The lowest BCUT2D eigenvalue weighted by Gasteiger charge is -2.07. The van der Waals surface area contributed by atoms with Gasteiger partial charge in [0.25, 0.3) is 0 Å². The second kappa shape index (κ2) is 7.61. The minimum Gasteiger partial charge on any atom is -0.325 e. The van der Waals surface area contributed by atoms with E-state index in [0.29, 0.717) is 25.8 Å². The number of nitrogens with one attached hydrogen (secondary N) is 1. The first-order valence-corrected chi connectivity index (χ1v) is 8.28. The Balaban J connectivity index is 1.95. The Bertz CT molecular complexity index is 678. The molecule has 0 aliphatic heterocycles. The number of hydrogen-bond acceptors (Lipinski definition) is 2. The zero-order valence-electron chi connectivity index (χ0n) is 10.5. The first-order chi connectivity index (χ1) is 9.95. The topological polar surface area (TPSA) is 29.1 Å². The van der Waals surface area contributed by atoms with Crippen LogP contribution in [-0.4, -0.2) is 11.7 Å². The molecule has 110 valence electrons. The van der Waals surface area contributed by atoms with Gasteiger partial charge in [-0.3, -0.25) is 4.79 Å². The van der Waals surface area contributed by atoms with Crippen molar-refractivity contribution in [2.75, 3.05) is 11.1 Å². The molecular weight excluding hydrogens is 372 g/mol. The Kier molecular flexibility index (Phi) is 6.08. The number of benzene rings is 2. The summed E-state index contributed by atoms with van der Waals surface area (Å²) in [6, 6.07) is 10.0. The van der Waals surface area contributed by atoms with Crippen LogP contribution in [-0.2, 0) is 4.79 Å². The van der Waals surface area contributed by atoms with Gasteiger partial charge in [-0.05, 0) is 36.4 Å². The van der Waals surface area contributed by atoms with E-state index in [2.05, 4.69) is 5.32 Å². The molecule has 1 amide bonds. The molecule has 0 saturated carbocycles. The van der Waals surface area contributed by atoms with Crippen LogP contribution in [0.25, 0.3) is 0 Å². The summed E-state index contributed by atoms with van der Waals surface area (Å²) in [5.74, 6) is 0.0368. The van der Waals surface area contributed by atoms with Crippen molar-refractivity contribution in [1.29, 1.82) is 0 Å². The maximum atomic E-state index is 11.9. The molecule has 0 aromatic heterocycles. The van der Waals surface area contributed by atoms with Crippen molar-refractivity contribution in [2.45, 2.75) is 4.90 Å². The number of amides is 1. The second-order valence-corrected chi connectivity index (χ2v) is 6.72. The highest BCUT2D eigenvalue weighted by molar-refractivity contribution is 8.00. The maximum Gasteiger partial charge on any atom is 0.234 e. The van der Waals surface area contributed by atoms with Gasteiger partial charge in [-0.1, -0.05) is 46.4 Å². The van der Waals surface area contributed by atoms with Gasteiger partial charge in [0.05, 0.1) is 20.8 Å². The predicted molar refractivity (Wildman–Crippen MR) is 92.3 cm³/mol. The predicted octanol–water partition coefficient (Wildman–Crippen LogP) is 6.03. The Morgan fingerprint density at radius 2 is 1.67 bits per heavy atom. The molecule has 0 heterocycles. The molecule has 0 aliphatic rings. The number of hydrogen-bond donors (Lipinski definition) is 1. The first-order valence-electron chi connectivity index (χ1n) is 5.78. The van der Waals surface area contributed by atoms with E-state index in [-0.39, 0.29) is 11.7 Å². The molecule has 0 fully saturated rings. The fraction of sp³-hybridized carbons (Fsp3) is 0.0714. The number of rotatable bonds is 4. The van der Waals surface area contributed by atoms with E-state index in [1.807, 2.05) is 0 Å². The lowest BCUT2D eigenvalue weighted by molar-refractivity contribution is -0.113. The molecule has 7 heteroatoms. The van der Waals surface area contributed by atoms with E-state index in [1.54, 1.807) is 36.4 Å². The first kappa shape index (κ1) is 16.8. The average molecular weight is 381 g/mol. The van der Waals surface area contributed by atoms with Crippen molar-refractivity contribution in [1.82, 2.24) is 0 Å². The van der Waals surface area contributed by atoms with Crippen LogP contribution < -0.4 is 5.32 Å². The molecule has 21 heavy (non-hydrogen) atoms. The second-order valence-electron chi connectivity index (χ2n) is 4.04. The summed E-state index contributed by atoms with van der Waals surface area (Å²) in [5.41, 5.74) is 0.590. The largest absolute Gasteiger partial charge is 0.325 e. The van der Waals surface area contributed by atoms with Crippen LogP contribution in [0.5, 0.6) is 0 Å². The molecule has 2 nitrogen and oxygen atoms in total. The number of anilines is 1. The van der Waals surface area contributed by atoms with Gasteiger partial charge < -0.3 is 5.32 Å². The van der Waals surface area contributed by atoms with Crippen molar-refractivity contribution < 1.29 is 4.79 Å². The zero-order valence-corrected chi connectivity index (χ0v) is 14.3. The third kappa shape index (κ3) is 4.97. The van der Waals surface area contributed by atoms with Gasteiger partial charge in [-0.15, -0.1) is 11.8 Å². The SMILES string of the molecule is O=C(CSc1cc(Cl)ccc1Cl)Nc1ccc(Cl)c(Cl)c1. The molecule has 0 saturated heterocycles. The van der Waals surface area contributed by atoms with Crippen molar-refractivity contribution in [3.05, 3.63) is 56.5 Å². The van der Waals surface area contributed by atoms with E-state index >= 15 is 0 Å². The van der Waals surface area contributed by atoms with Gasteiger partial charge in [-0.2, -0.15) is 0 Å². The summed E-state index contributed by atoms with van der Waals surface area (Å²) in [6.07, 6.45) is 0. The standard InChI is InChI=1S/C14H9Cl4NOS/c15-8-1-3-11(17)13(5-8)21-7-14(20)19-9-2-4-10(16)12(18)6-9/h1-6H,7H2,(H,19,20). The minimum atomic E-state index is -0.172. The van der Waals surface area contributed by atoms with E-state index < -0.39 is 0 Å². The van der Waals surface area contributed by atoms with Gasteiger partial charge in [0.1, 0.15) is 0 Å². The van der Waals surface area contributed by atoms with Crippen molar-refractivity contribution in [3.8, 4) is 0 Å². The monoisotopic (exact) mass is 379 g/mol. The van der Waals surface area contributed by atoms with E-state index in [0.717, 1.165) is 4.90 Å². The molecule has 2 aromatic rings. The fourth-order valence-corrected chi connectivity index (χ4v) is 3.09. The summed E-state index contributed by atoms with van der Waals surface area (Å²) < 4.78 is 0. The fourth-order valence-electron chi connectivity index (χ4n) is 1.50. The van der Waals surface area contributed by atoms with Crippen LogP contribution in [0.3, 0.4) is 0 Å². The molecule has 0 spiro atoms. The minimum absolute atomic E-state index is 0.172. The maximum absolute atomic E-state index is 11.9. The highest BCUT2D eigenvalue weighted by atomic mass is 35.5. The lowest BCUT2D eigenvalue weighted by Crippen LogP contribution is -2.13. The van der Waals surface area contributed by atoms with Crippen LogP contribution in [0.2, 0.25) is 20.1 Å². The van der Waals surface area contributed by atoms with Gasteiger partial charge in [-0.25, -0.2) is 0 Å². The van der Waals surface area contributed by atoms with Crippen LogP contribution in [0.4, 0.5) is 5.69 Å². The smallest absolute Gasteiger partial charge is 0.234 e. The molecule has 0 aliphatic carbocycles. The summed E-state index contributed by atoms with van der Waals surface area (Å²) >= 11 is 24.9. The normalized spacial score (nSPS) is 10.5. The number of carbonyl (C=O) groups is 1. The highest BCUT2D eigenvalue weighted by Gasteiger charge is 2.08. The Labute approximate surface area is 146 Å². The van der Waals surface area contributed by atoms with E-state index in [9.17, 15) is 4.79 Å². The van der Waals surface area contributed by atoms with Gasteiger partial charge in [0.15, 0.2) is 0 Å². The summed E-state index contributed by atoms with van der Waals surface area (Å²) in [4.78, 5) is 12.7. The van der Waals surface area contributed by atoms with Gasteiger partial charge in [0, 0.05) is 15.6 Å². The Hall–Kier alpha value is -0.580. The van der Waals surface area contributed by atoms with E-state index in [1.165, 1.54) is 11.8 Å². The average Bonchev–Trinajstić information content (AvgIpc) is 2.44. The lowest BCUT2D eigenvalue weighted by atomic mass is 10.3. The summed E-state index contributed by atoms with van der Waals surface area (Å²) in [5, 5.41) is 4.70. The molecule has 0 radical (unpaired) electrons. The molecule has 2 rings (SSSR count). The zero-order chi connectivity index (χ0) is 15.4. The summed E-state index contributed by atoms with van der Waals surface area (Å²) in [7, 11) is 0. The van der Waals surface area contributed by atoms with Crippen LogP contribution in [0, 0.1) is 0 Å². The van der Waals surface area contributed by atoms with Gasteiger partial charge >= 0.3 is 0 Å². The molecular formula is C14H9Cl4NOS. The highest BCUT2D eigenvalue weighted by Crippen LogP contribution is 2.30. The third-order valence-electron chi connectivity index (χ3n) is 2.46. The number of carbonyl (C=O) groups excluding carboxylic acids is 1. The van der Waals surface area contributed by atoms with E-state index in [4.69, 9.17) is 46.4 Å². The Morgan fingerprint density at radius 1 is 0.952 bits per heavy atom. The number of halogens is 4. The quantitative estimate of drug-likeness (QED) is 0.656. The van der Waals surface area contributed by atoms with Crippen molar-refractivity contribution >= 4 is 69.8 Å². The van der Waals surface area contributed by atoms with Gasteiger partial charge in [0.2, 0.25) is 5.91 Å². The molecule has 0 atom stereocenters. The number of thioether (sulfide) groups is 1. The molecule has 2 aromatic carbocycles. The molecule has 0 bridgehead atoms. The molecule has 0 unspecified atom stereocenters. The Morgan fingerprint density at radius 3 is 2.38 bits per heavy atom. The summed E-state index contributed by atoms with van der Waals surface area (Å²) in [6.45, 7) is 0. The van der Waals surface area contributed by atoms with Crippen molar-refractivity contribution in [3.63, 3.8) is 0 Å². The van der Waals surface area contributed by atoms with Crippen LogP contribution in [0.1, 0.15) is 0 Å². The van der Waals surface area contributed by atoms with Crippen molar-refractivity contribution in [2.24, 2.45) is 0 Å². The third-order valence-corrected chi connectivity index (χ3v) is 4.93. The van der Waals surface area contributed by atoms with Crippen LogP contribution in [0.15, 0.2) is 41.3 Å².